The number of hydrogen-bond acceptors (Lipinski definition) is 3. The number of carbonyl (C=O) groups is 1. The van der Waals surface area contributed by atoms with Crippen LogP contribution >= 0.6 is 0 Å². The maximum Gasteiger partial charge on any atom is 0.338 e. The Morgan fingerprint density at radius 2 is 2.35 bits per heavy atom. The van der Waals surface area contributed by atoms with Crippen LogP contribution < -0.4 is 10.8 Å². The number of aryl methyl sites for hydroxylation is 1. The molecule has 0 bridgehead atoms. The van der Waals surface area contributed by atoms with E-state index in [-0.39, 0.29) is 12.3 Å². The molecule has 2 aromatic rings. The van der Waals surface area contributed by atoms with E-state index in [9.17, 15) is 4.79 Å². The fraction of sp³-hybridized carbons (Fsp3) is 0.471. The minimum absolute atomic E-state index is 0.328. The lowest BCUT2D eigenvalue weighted by Gasteiger charge is -2.22. The Bertz CT molecular complexity index is 662. The van der Waals surface area contributed by atoms with Gasteiger partial charge < -0.3 is 15.0 Å². The van der Waals surface area contributed by atoms with Crippen molar-refractivity contribution in [3.63, 3.8) is 0 Å². The third-order valence-electron chi connectivity index (χ3n) is 4.11. The fourth-order valence-electron chi connectivity index (χ4n) is 2.84. The van der Waals surface area contributed by atoms with E-state index in [1.54, 1.807) is 0 Å². The summed E-state index contributed by atoms with van der Waals surface area (Å²) in [6, 6.07) is 5.89. The highest BCUT2D eigenvalue weighted by atomic mass is 16.8. The smallest absolute Gasteiger partial charge is 0.338 e. The Balaban J connectivity index is 1.43. The zero-order chi connectivity index (χ0) is 16.1. The number of rotatable bonds is 5. The Morgan fingerprint density at radius 1 is 1.43 bits per heavy atom. The first-order valence-electron chi connectivity index (χ1n) is 8.11. The number of fused-ring (bicyclic) bond motifs is 1. The minimum atomic E-state index is -0.338. The van der Waals surface area contributed by atoms with Crippen LogP contribution in [0.15, 0.2) is 24.4 Å². The van der Waals surface area contributed by atoms with Crippen molar-refractivity contribution in [2.75, 3.05) is 13.2 Å². The molecule has 3 N–H and O–H groups in total. The topological polar surface area (TPSA) is 75.4 Å². The summed E-state index contributed by atoms with van der Waals surface area (Å²) in [5, 5.41) is 4.00. The van der Waals surface area contributed by atoms with E-state index in [4.69, 9.17) is 9.57 Å². The number of H-pyrrole nitrogens is 1. The molecular formula is C17H23N3O3. The van der Waals surface area contributed by atoms with E-state index in [2.05, 4.69) is 34.8 Å². The molecule has 1 aromatic carbocycles. The number of aromatic nitrogens is 1. The van der Waals surface area contributed by atoms with Crippen molar-refractivity contribution < 1.29 is 14.4 Å². The van der Waals surface area contributed by atoms with E-state index in [0.717, 1.165) is 31.2 Å². The number of para-hydroxylation sites is 1. The molecule has 2 heterocycles. The lowest BCUT2D eigenvalue weighted by Crippen LogP contribution is -2.40. The monoisotopic (exact) mass is 317 g/mol. The lowest BCUT2D eigenvalue weighted by atomic mass is 10.1. The van der Waals surface area contributed by atoms with Crippen LogP contribution in [0.1, 0.15) is 30.4 Å². The second-order valence-corrected chi connectivity index (χ2v) is 5.83. The Hall–Kier alpha value is -2.05. The highest BCUT2D eigenvalue weighted by molar-refractivity contribution is 5.85. The van der Waals surface area contributed by atoms with E-state index >= 15 is 0 Å². The van der Waals surface area contributed by atoms with Gasteiger partial charge in [-0.2, -0.15) is 0 Å². The van der Waals surface area contributed by atoms with Crippen molar-refractivity contribution in [1.82, 2.24) is 15.8 Å². The highest BCUT2D eigenvalue weighted by Gasteiger charge is 2.15. The second-order valence-electron chi connectivity index (χ2n) is 5.83. The first kappa shape index (κ1) is 15.8. The van der Waals surface area contributed by atoms with Gasteiger partial charge in [0.25, 0.3) is 0 Å². The molecule has 6 heteroatoms. The molecule has 1 aromatic heterocycles. The molecule has 0 spiro atoms. The summed E-state index contributed by atoms with van der Waals surface area (Å²) in [4.78, 5) is 20.2. The van der Waals surface area contributed by atoms with Crippen LogP contribution in [0.3, 0.4) is 0 Å². The second kappa shape index (κ2) is 7.48. The number of hydroxylamine groups is 1. The third kappa shape index (κ3) is 4.03. The van der Waals surface area contributed by atoms with Gasteiger partial charge >= 0.3 is 6.03 Å². The number of aromatic amines is 1. The molecule has 23 heavy (non-hydrogen) atoms. The van der Waals surface area contributed by atoms with Crippen LogP contribution in [-0.2, 0) is 16.0 Å². The normalized spacial score (nSPS) is 18.0. The predicted octanol–water partition coefficient (Wildman–Crippen LogP) is 2.78. The van der Waals surface area contributed by atoms with Gasteiger partial charge in [0.05, 0.1) is 0 Å². The van der Waals surface area contributed by atoms with Crippen LogP contribution in [-0.4, -0.2) is 30.5 Å². The number of ether oxygens (including phenoxy) is 1. The zero-order valence-corrected chi connectivity index (χ0v) is 13.4. The molecule has 3 rings (SSSR count). The van der Waals surface area contributed by atoms with Gasteiger partial charge in [0.2, 0.25) is 0 Å². The average molecular weight is 317 g/mol. The SMILES string of the molecule is Cc1cccc2c(CCNC(=O)NO[C@H]3CCCCO3)c[nH]c12. The molecule has 124 valence electrons. The van der Waals surface area contributed by atoms with Crippen LogP contribution in [0.2, 0.25) is 0 Å². The zero-order valence-electron chi connectivity index (χ0n) is 13.4. The predicted molar refractivity (Wildman–Crippen MR) is 88.0 cm³/mol. The number of urea groups is 1. The highest BCUT2D eigenvalue weighted by Crippen LogP contribution is 2.21. The van der Waals surface area contributed by atoms with Gasteiger partial charge in [-0.05, 0) is 37.3 Å². The molecule has 1 atom stereocenters. The van der Waals surface area contributed by atoms with Crippen molar-refractivity contribution >= 4 is 16.9 Å². The van der Waals surface area contributed by atoms with E-state index in [1.165, 1.54) is 16.5 Å². The van der Waals surface area contributed by atoms with Crippen molar-refractivity contribution in [2.45, 2.75) is 38.9 Å². The van der Waals surface area contributed by atoms with Crippen molar-refractivity contribution in [3.8, 4) is 0 Å². The molecule has 1 saturated heterocycles. The van der Waals surface area contributed by atoms with Crippen LogP contribution in [0, 0.1) is 6.92 Å². The van der Waals surface area contributed by atoms with Crippen LogP contribution in [0.5, 0.6) is 0 Å². The van der Waals surface area contributed by atoms with Gasteiger partial charge in [0.1, 0.15) is 0 Å². The summed E-state index contributed by atoms with van der Waals surface area (Å²) < 4.78 is 5.38. The summed E-state index contributed by atoms with van der Waals surface area (Å²) in [5.74, 6) is 0. The summed E-state index contributed by atoms with van der Waals surface area (Å²) in [7, 11) is 0. The van der Waals surface area contributed by atoms with E-state index in [1.807, 2.05) is 12.3 Å². The quantitative estimate of drug-likeness (QED) is 0.742. The molecule has 0 saturated carbocycles. The molecule has 6 nitrogen and oxygen atoms in total. The van der Waals surface area contributed by atoms with E-state index in [0.29, 0.717) is 13.2 Å². The molecule has 0 unspecified atom stereocenters. The molecule has 1 fully saturated rings. The molecule has 1 aliphatic rings. The maximum atomic E-state index is 11.7. The lowest BCUT2D eigenvalue weighted by molar-refractivity contribution is -0.186. The first-order valence-corrected chi connectivity index (χ1v) is 8.11. The van der Waals surface area contributed by atoms with Crippen molar-refractivity contribution in [2.24, 2.45) is 0 Å². The number of benzene rings is 1. The van der Waals surface area contributed by atoms with Gasteiger partial charge in [0.15, 0.2) is 6.29 Å². The van der Waals surface area contributed by atoms with Gasteiger partial charge in [-0.3, -0.25) is 0 Å². The molecule has 0 radical (unpaired) electrons. The molecular weight excluding hydrogens is 294 g/mol. The van der Waals surface area contributed by atoms with Gasteiger partial charge in [-0.15, -0.1) is 0 Å². The Morgan fingerprint density at radius 3 is 3.17 bits per heavy atom. The molecule has 2 amide bonds. The Kier molecular flexibility index (Phi) is 5.15. The van der Waals surface area contributed by atoms with Gasteiger partial charge in [0, 0.05) is 36.7 Å². The van der Waals surface area contributed by atoms with Gasteiger partial charge in [-0.1, -0.05) is 18.2 Å². The largest absolute Gasteiger partial charge is 0.361 e. The number of nitrogens with one attached hydrogen (secondary N) is 3. The van der Waals surface area contributed by atoms with Gasteiger partial charge in [-0.25, -0.2) is 15.1 Å². The summed E-state index contributed by atoms with van der Waals surface area (Å²) in [6.07, 6.45) is 5.37. The summed E-state index contributed by atoms with van der Waals surface area (Å²) in [5.41, 5.74) is 5.97. The average Bonchev–Trinajstić information content (AvgIpc) is 2.99. The van der Waals surface area contributed by atoms with Crippen molar-refractivity contribution in [3.05, 3.63) is 35.5 Å². The minimum Gasteiger partial charge on any atom is -0.361 e. The fourth-order valence-corrected chi connectivity index (χ4v) is 2.84. The number of carbonyl (C=O) groups excluding carboxylic acids is 1. The number of hydrogen-bond donors (Lipinski definition) is 3. The molecule has 1 aliphatic heterocycles. The van der Waals surface area contributed by atoms with Crippen LogP contribution in [0.4, 0.5) is 4.79 Å². The Labute approximate surface area is 135 Å². The standard InChI is InChI=1S/C17H23N3O3/c1-12-5-4-6-14-13(11-19-16(12)14)8-9-18-17(21)20-23-15-7-2-3-10-22-15/h4-6,11,15,19H,2-3,7-10H2,1H3,(H2,18,20,21)/t15-/m0/s1. The summed E-state index contributed by atoms with van der Waals surface area (Å²) in [6.45, 7) is 3.31. The summed E-state index contributed by atoms with van der Waals surface area (Å²) >= 11 is 0. The maximum absolute atomic E-state index is 11.7. The first-order chi connectivity index (χ1) is 11.2. The number of amides is 2. The van der Waals surface area contributed by atoms with Crippen LogP contribution in [0.25, 0.3) is 10.9 Å². The van der Waals surface area contributed by atoms with E-state index < -0.39 is 0 Å². The van der Waals surface area contributed by atoms with Crippen molar-refractivity contribution in [1.29, 1.82) is 0 Å². The third-order valence-corrected chi connectivity index (χ3v) is 4.11. The molecule has 0 aliphatic carbocycles.